The van der Waals surface area contributed by atoms with Crippen LogP contribution in [0, 0.1) is 0 Å². The van der Waals surface area contributed by atoms with Gasteiger partial charge in [0.25, 0.3) is 0 Å². The van der Waals surface area contributed by atoms with Crippen LogP contribution in [0.4, 0.5) is 0 Å². The molecule has 0 aliphatic rings. The summed E-state index contributed by atoms with van der Waals surface area (Å²) in [5, 5.41) is 9.09. The minimum absolute atomic E-state index is 0.0552. The molecule has 0 aromatic heterocycles. The summed E-state index contributed by atoms with van der Waals surface area (Å²) in [4.78, 5) is 11.1. The Balaban J connectivity index is 2.47. The van der Waals surface area contributed by atoms with E-state index in [1.54, 1.807) is 13.0 Å². The van der Waals surface area contributed by atoms with E-state index in [4.69, 9.17) is 5.11 Å². The van der Waals surface area contributed by atoms with Crippen molar-refractivity contribution in [2.45, 2.75) is 12.8 Å². The fourth-order valence-electron chi connectivity index (χ4n) is 2.04. The predicted octanol–water partition coefficient (Wildman–Crippen LogP) is 4.61. The van der Waals surface area contributed by atoms with Crippen molar-refractivity contribution >= 4 is 21.9 Å². The van der Waals surface area contributed by atoms with Gasteiger partial charge in [0.05, 0.1) is 0 Å². The Morgan fingerprint density at radius 3 is 2.15 bits per heavy atom. The van der Waals surface area contributed by atoms with E-state index in [1.165, 1.54) is 0 Å². The van der Waals surface area contributed by atoms with Gasteiger partial charge in [-0.3, -0.25) is 0 Å². The monoisotopic (exact) mass is 330 g/mol. The predicted molar refractivity (Wildman–Crippen MR) is 83.8 cm³/mol. The fraction of sp³-hybridized carbons (Fsp3) is 0.118. The van der Waals surface area contributed by atoms with Crippen LogP contribution in [0.1, 0.15) is 24.0 Å². The summed E-state index contributed by atoms with van der Waals surface area (Å²) in [7, 11) is 0. The van der Waals surface area contributed by atoms with Crippen molar-refractivity contribution in [3.63, 3.8) is 0 Å². The summed E-state index contributed by atoms with van der Waals surface area (Å²) < 4.78 is 1.01. The van der Waals surface area contributed by atoms with E-state index < -0.39 is 5.97 Å². The Kier molecular flexibility index (Phi) is 4.74. The first-order valence-corrected chi connectivity index (χ1v) is 7.09. The van der Waals surface area contributed by atoms with Gasteiger partial charge >= 0.3 is 5.97 Å². The molecule has 0 fully saturated rings. The number of halogens is 1. The smallest absolute Gasteiger partial charge is 0.330 e. The quantitative estimate of drug-likeness (QED) is 0.831. The molecule has 3 heteroatoms. The molecule has 1 atom stereocenters. The average Bonchev–Trinajstić information content (AvgIpc) is 2.46. The molecule has 0 heterocycles. The minimum atomic E-state index is -0.886. The molecule has 1 N–H and O–H groups in total. The summed E-state index contributed by atoms with van der Waals surface area (Å²) in [5.74, 6) is -0.941. The Bertz CT molecular complexity index is 615. The third-order valence-corrected chi connectivity index (χ3v) is 3.67. The van der Waals surface area contributed by atoms with E-state index in [0.29, 0.717) is 5.57 Å². The van der Waals surface area contributed by atoms with Crippen LogP contribution in [0.2, 0.25) is 0 Å². The van der Waals surface area contributed by atoms with Crippen molar-refractivity contribution in [3.8, 4) is 0 Å². The van der Waals surface area contributed by atoms with Crippen LogP contribution in [0.25, 0.3) is 0 Å². The van der Waals surface area contributed by atoms with Crippen molar-refractivity contribution in [2.24, 2.45) is 0 Å². The summed E-state index contributed by atoms with van der Waals surface area (Å²) in [6.45, 7) is 1.62. The molecule has 102 valence electrons. The number of carbonyl (C=O) groups is 1. The van der Waals surface area contributed by atoms with E-state index in [0.717, 1.165) is 15.6 Å². The normalized spacial score (nSPS) is 13.0. The van der Waals surface area contributed by atoms with Gasteiger partial charge in [0.15, 0.2) is 0 Å². The van der Waals surface area contributed by atoms with Crippen molar-refractivity contribution in [1.82, 2.24) is 0 Å². The molecule has 0 bridgehead atoms. The molecule has 20 heavy (non-hydrogen) atoms. The number of hydrogen-bond donors (Lipinski definition) is 1. The second kappa shape index (κ2) is 6.53. The van der Waals surface area contributed by atoms with Crippen molar-refractivity contribution in [2.75, 3.05) is 0 Å². The van der Waals surface area contributed by atoms with Gasteiger partial charge in [0.2, 0.25) is 0 Å². The number of benzene rings is 2. The lowest BCUT2D eigenvalue weighted by molar-refractivity contribution is -0.132. The Morgan fingerprint density at radius 2 is 1.60 bits per heavy atom. The highest BCUT2D eigenvalue weighted by Crippen LogP contribution is 2.28. The van der Waals surface area contributed by atoms with Gasteiger partial charge in [0.1, 0.15) is 0 Å². The maximum absolute atomic E-state index is 11.1. The molecule has 2 aromatic rings. The van der Waals surface area contributed by atoms with Crippen LogP contribution in [-0.2, 0) is 4.79 Å². The molecule has 0 saturated carbocycles. The number of carboxylic acids is 1. The second-order valence-electron chi connectivity index (χ2n) is 4.59. The van der Waals surface area contributed by atoms with Crippen LogP contribution < -0.4 is 0 Å². The number of hydrogen-bond acceptors (Lipinski definition) is 1. The van der Waals surface area contributed by atoms with E-state index in [9.17, 15) is 4.79 Å². The van der Waals surface area contributed by atoms with E-state index in [1.807, 2.05) is 54.6 Å². The number of rotatable bonds is 4. The third-order valence-electron chi connectivity index (χ3n) is 3.14. The zero-order chi connectivity index (χ0) is 14.5. The van der Waals surface area contributed by atoms with Crippen LogP contribution >= 0.6 is 15.9 Å². The van der Waals surface area contributed by atoms with Gasteiger partial charge in [-0.1, -0.05) is 64.5 Å². The van der Waals surface area contributed by atoms with E-state index in [2.05, 4.69) is 15.9 Å². The first-order valence-electron chi connectivity index (χ1n) is 6.30. The topological polar surface area (TPSA) is 37.3 Å². The second-order valence-corrected chi connectivity index (χ2v) is 5.51. The fourth-order valence-corrected chi connectivity index (χ4v) is 2.30. The number of aliphatic carboxylic acids is 1. The molecule has 0 amide bonds. The average molecular weight is 331 g/mol. The first-order chi connectivity index (χ1) is 9.58. The van der Waals surface area contributed by atoms with Gasteiger partial charge < -0.3 is 5.11 Å². The maximum Gasteiger partial charge on any atom is 0.330 e. The summed E-state index contributed by atoms with van der Waals surface area (Å²) in [6, 6.07) is 17.9. The molecule has 2 aromatic carbocycles. The molecular formula is C17H15BrO2. The van der Waals surface area contributed by atoms with Gasteiger partial charge in [-0.05, 0) is 30.2 Å². The van der Waals surface area contributed by atoms with Crippen LogP contribution in [0.5, 0.6) is 0 Å². The van der Waals surface area contributed by atoms with Crippen molar-refractivity contribution in [1.29, 1.82) is 0 Å². The molecule has 0 aliphatic heterocycles. The van der Waals surface area contributed by atoms with Crippen LogP contribution in [-0.4, -0.2) is 11.1 Å². The lowest BCUT2D eigenvalue weighted by atomic mass is 9.90. The van der Waals surface area contributed by atoms with E-state index in [-0.39, 0.29) is 5.92 Å². The molecule has 0 radical (unpaired) electrons. The molecule has 0 spiro atoms. The van der Waals surface area contributed by atoms with Crippen LogP contribution in [0.3, 0.4) is 0 Å². The number of carboxylic acid groups (broad SMARTS) is 1. The highest BCUT2D eigenvalue weighted by molar-refractivity contribution is 9.10. The standard InChI is InChI=1S/C17H15BrO2/c1-12(17(19)20)11-16(13-5-3-2-4-6-13)14-7-9-15(18)10-8-14/h2-11,16H,1H3,(H,19,20). The molecular weight excluding hydrogens is 316 g/mol. The minimum Gasteiger partial charge on any atom is -0.478 e. The Hall–Kier alpha value is -1.87. The van der Waals surface area contributed by atoms with Gasteiger partial charge in [-0.15, -0.1) is 0 Å². The summed E-state index contributed by atoms with van der Waals surface area (Å²) in [6.07, 6.45) is 1.79. The first kappa shape index (κ1) is 14.5. The maximum atomic E-state index is 11.1. The van der Waals surface area contributed by atoms with Crippen molar-refractivity contribution < 1.29 is 9.90 Å². The van der Waals surface area contributed by atoms with Gasteiger partial charge in [-0.25, -0.2) is 4.79 Å². The lowest BCUT2D eigenvalue weighted by Gasteiger charge is -2.15. The third kappa shape index (κ3) is 3.58. The highest BCUT2D eigenvalue weighted by atomic mass is 79.9. The lowest BCUT2D eigenvalue weighted by Crippen LogP contribution is -2.03. The zero-order valence-corrected chi connectivity index (χ0v) is 12.7. The Labute approximate surface area is 126 Å². The molecule has 0 saturated heterocycles. The summed E-state index contributed by atoms with van der Waals surface area (Å²) in [5.41, 5.74) is 2.50. The summed E-state index contributed by atoms with van der Waals surface area (Å²) >= 11 is 3.42. The van der Waals surface area contributed by atoms with Gasteiger partial charge in [0, 0.05) is 16.0 Å². The number of allylic oxidation sites excluding steroid dienone is 1. The highest BCUT2D eigenvalue weighted by Gasteiger charge is 2.13. The molecule has 0 aliphatic carbocycles. The largest absolute Gasteiger partial charge is 0.478 e. The Morgan fingerprint density at radius 1 is 1.05 bits per heavy atom. The van der Waals surface area contributed by atoms with Crippen molar-refractivity contribution in [3.05, 3.63) is 81.8 Å². The van der Waals surface area contributed by atoms with Gasteiger partial charge in [-0.2, -0.15) is 0 Å². The van der Waals surface area contributed by atoms with E-state index >= 15 is 0 Å². The SMILES string of the molecule is CC(=CC(c1ccccc1)c1ccc(Br)cc1)C(=O)O. The molecule has 2 nitrogen and oxygen atoms in total. The van der Waals surface area contributed by atoms with Crippen LogP contribution in [0.15, 0.2) is 70.7 Å². The molecule has 2 rings (SSSR count). The zero-order valence-electron chi connectivity index (χ0n) is 11.1. The molecule has 1 unspecified atom stereocenters.